The summed E-state index contributed by atoms with van der Waals surface area (Å²) in [7, 11) is 2.73. The fraction of sp³-hybridized carbons (Fsp3) is 0.933. The van der Waals surface area contributed by atoms with E-state index >= 15 is 0 Å². The molecule has 1 aliphatic rings. The van der Waals surface area contributed by atoms with Crippen molar-refractivity contribution in [1.82, 2.24) is 4.90 Å². The van der Waals surface area contributed by atoms with Crippen LogP contribution in [0.5, 0.6) is 0 Å². The largest absolute Gasteiger partial charge is 0.449 e. The highest BCUT2D eigenvalue weighted by atomic mass is 19.4. The highest BCUT2D eigenvalue weighted by Gasteiger charge is 3.00. The maximum absolute atomic E-state index is 14.4. The Hall–Kier alpha value is -1.50. The zero-order chi connectivity index (χ0) is 23.1. The molecule has 0 bridgehead atoms. The molecule has 0 aliphatic heterocycles. The van der Waals surface area contributed by atoms with Gasteiger partial charge in [0.15, 0.2) is 0 Å². The number of halogens is 11. The number of nitrogens with zero attached hydrogens (tertiary/aromatic N) is 1. The minimum absolute atomic E-state index is 0.0377. The SMILES string of the molecule is CN(C)C(=O)OCCCCCCC1(F)C(F)(F)C(F)(F)C(F)(F)C(F)(F)C1(F)F. The Labute approximate surface area is 158 Å². The van der Waals surface area contributed by atoms with Crippen molar-refractivity contribution in [2.45, 2.75) is 67.4 Å². The lowest BCUT2D eigenvalue weighted by atomic mass is 9.70. The van der Waals surface area contributed by atoms with Gasteiger partial charge in [-0.15, -0.1) is 0 Å². The minimum atomic E-state index is -7.18. The molecule has 0 aromatic heterocycles. The standard InChI is InChI=1S/C15H18F11NO2/c1-27(2)9(28)29-8-6-4-3-5-7-10(16)11(17,18)13(21,22)15(25,26)14(23,24)12(10,19)20/h3-8H2,1-2H3. The van der Waals surface area contributed by atoms with Crippen LogP contribution in [-0.2, 0) is 4.74 Å². The number of rotatable bonds is 7. The molecule has 0 saturated heterocycles. The van der Waals surface area contributed by atoms with Crippen LogP contribution in [0.3, 0.4) is 0 Å². The second-order valence-electron chi connectivity index (χ2n) is 6.85. The average Bonchev–Trinajstić information content (AvgIpc) is 2.58. The second kappa shape index (κ2) is 7.64. The van der Waals surface area contributed by atoms with E-state index < -0.39 is 54.2 Å². The smallest absolute Gasteiger partial charge is 0.409 e. The summed E-state index contributed by atoms with van der Waals surface area (Å²) in [5, 5.41) is 0. The van der Waals surface area contributed by atoms with E-state index in [-0.39, 0.29) is 25.9 Å². The van der Waals surface area contributed by atoms with Gasteiger partial charge in [-0.3, -0.25) is 0 Å². The zero-order valence-electron chi connectivity index (χ0n) is 15.2. The molecule has 0 atom stereocenters. The summed E-state index contributed by atoms with van der Waals surface area (Å²) in [5.74, 6) is -34.8. The fourth-order valence-corrected chi connectivity index (χ4v) is 2.71. The molecule has 1 aliphatic carbocycles. The predicted octanol–water partition coefficient (Wildman–Crippen LogP) is 5.53. The first kappa shape index (κ1) is 25.5. The molecule has 0 heterocycles. The third-order valence-corrected chi connectivity index (χ3v) is 4.58. The van der Waals surface area contributed by atoms with Crippen LogP contribution in [0, 0.1) is 0 Å². The number of carbonyl (C=O) groups is 1. The Morgan fingerprint density at radius 3 is 1.45 bits per heavy atom. The summed E-state index contributed by atoms with van der Waals surface area (Å²) in [6.07, 6.45) is -4.37. The van der Waals surface area contributed by atoms with Gasteiger partial charge in [0.2, 0.25) is 5.67 Å². The maximum atomic E-state index is 14.4. The third kappa shape index (κ3) is 3.49. The van der Waals surface area contributed by atoms with Crippen LogP contribution in [0.2, 0.25) is 0 Å². The van der Waals surface area contributed by atoms with E-state index in [0.29, 0.717) is 0 Å². The second-order valence-corrected chi connectivity index (χ2v) is 6.85. The van der Waals surface area contributed by atoms with Gasteiger partial charge in [-0.1, -0.05) is 12.8 Å². The van der Waals surface area contributed by atoms with Crippen LogP contribution >= 0.6 is 0 Å². The highest BCUT2D eigenvalue weighted by Crippen LogP contribution is 2.70. The van der Waals surface area contributed by atoms with Crippen LogP contribution in [0.25, 0.3) is 0 Å². The molecule has 0 spiro atoms. The van der Waals surface area contributed by atoms with Gasteiger partial charge in [0.1, 0.15) is 0 Å². The molecule has 0 radical (unpaired) electrons. The lowest BCUT2D eigenvalue weighted by Crippen LogP contribution is -2.83. The lowest BCUT2D eigenvalue weighted by molar-refractivity contribution is -0.485. The predicted molar refractivity (Wildman–Crippen MR) is 76.7 cm³/mol. The summed E-state index contributed by atoms with van der Waals surface area (Å²) in [6, 6.07) is 0. The van der Waals surface area contributed by atoms with Crippen molar-refractivity contribution in [3.63, 3.8) is 0 Å². The van der Waals surface area contributed by atoms with Gasteiger partial charge in [-0.25, -0.2) is 9.18 Å². The van der Waals surface area contributed by atoms with Gasteiger partial charge in [-0.05, 0) is 19.3 Å². The number of ether oxygens (including phenoxy) is 1. The Balaban J connectivity index is 2.87. The van der Waals surface area contributed by atoms with Crippen molar-refractivity contribution in [1.29, 1.82) is 0 Å². The molecule has 1 amide bonds. The number of amides is 1. The first-order valence-electron chi connectivity index (χ1n) is 8.25. The van der Waals surface area contributed by atoms with Gasteiger partial charge >= 0.3 is 35.7 Å². The molecule has 29 heavy (non-hydrogen) atoms. The molecular formula is C15H18F11NO2. The molecule has 3 nitrogen and oxygen atoms in total. The number of hydrogen-bond donors (Lipinski definition) is 0. The first-order chi connectivity index (χ1) is 12.8. The topological polar surface area (TPSA) is 29.5 Å². The van der Waals surface area contributed by atoms with Crippen molar-refractivity contribution in [2.24, 2.45) is 0 Å². The summed E-state index contributed by atoms with van der Waals surface area (Å²) in [4.78, 5) is 12.1. The molecule has 0 unspecified atom stereocenters. The molecule has 172 valence electrons. The van der Waals surface area contributed by atoms with Crippen LogP contribution in [0.15, 0.2) is 0 Å². The monoisotopic (exact) mass is 453 g/mol. The molecule has 14 heteroatoms. The van der Waals surface area contributed by atoms with Crippen LogP contribution in [0.1, 0.15) is 32.1 Å². The van der Waals surface area contributed by atoms with Crippen LogP contribution in [0.4, 0.5) is 53.1 Å². The van der Waals surface area contributed by atoms with Gasteiger partial charge in [0.05, 0.1) is 6.61 Å². The molecule has 0 N–H and O–H groups in total. The van der Waals surface area contributed by atoms with E-state index in [4.69, 9.17) is 0 Å². The van der Waals surface area contributed by atoms with E-state index in [2.05, 4.69) is 4.74 Å². The van der Waals surface area contributed by atoms with Crippen LogP contribution in [-0.4, -0.2) is 67.0 Å². The zero-order valence-corrected chi connectivity index (χ0v) is 15.2. The summed E-state index contributed by atoms with van der Waals surface area (Å²) in [6.45, 7) is -0.202. The molecular weight excluding hydrogens is 435 g/mol. The van der Waals surface area contributed by atoms with Crippen molar-refractivity contribution in [3.05, 3.63) is 0 Å². The molecule has 0 aromatic rings. The fourth-order valence-electron chi connectivity index (χ4n) is 2.71. The maximum Gasteiger partial charge on any atom is 0.409 e. The molecule has 1 saturated carbocycles. The Kier molecular flexibility index (Phi) is 6.73. The normalized spacial score (nSPS) is 25.3. The quantitative estimate of drug-likeness (QED) is 0.375. The van der Waals surface area contributed by atoms with E-state index in [1.165, 1.54) is 14.1 Å². The number of carbonyl (C=O) groups excluding carboxylic acids is 1. The number of alkyl halides is 11. The van der Waals surface area contributed by atoms with Gasteiger partial charge in [-0.2, -0.15) is 43.9 Å². The Morgan fingerprint density at radius 2 is 1.03 bits per heavy atom. The summed E-state index contributed by atoms with van der Waals surface area (Å²) < 4.78 is 153. The van der Waals surface area contributed by atoms with Crippen molar-refractivity contribution < 1.29 is 57.8 Å². The van der Waals surface area contributed by atoms with Crippen LogP contribution < -0.4 is 0 Å². The van der Waals surface area contributed by atoms with Gasteiger partial charge in [0, 0.05) is 14.1 Å². The highest BCUT2D eigenvalue weighted by molar-refractivity contribution is 5.66. The van der Waals surface area contributed by atoms with Gasteiger partial charge in [0.25, 0.3) is 0 Å². The Bertz CT molecular complexity index is 577. The van der Waals surface area contributed by atoms with E-state index in [1.54, 1.807) is 0 Å². The lowest BCUT2D eigenvalue weighted by Gasteiger charge is -2.52. The third-order valence-electron chi connectivity index (χ3n) is 4.58. The van der Waals surface area contributed by atoms with Crippen molar-refractivity contribution in [3.8, 4) is 0 Å². The first-order valence-corrected chi connectivity index (χ1v) is 8.25. The van der Waals surface area contributed by atoms with E-state index in [1.807, 2.05) is 0 Å². The number of unbranched alkanes of at least 4 members (excludes halogenated alkanes) is 3. The molecule has 1 rings (SSSR count). The Morgan fingerprint density at radius 1 is 0.655 bits per heavy atom. The molecule has 1 fully saturated rings. The molecule has 0 aromatic carbocycles. The summed E-state index contributed by atoms with van der Waals surface area (Å²) in [5.41, 5.74) is -5.91. The van der Waals surface area contributed by atoms with Crippen molar-refractivity contribution >= 4 is 6.09 Å². The average molecular weight is 453 g/mol. The minimum Gasteiger partial charge on any atom is -0.449 e. The van der Waals surface area contributed by atoms with Crippen molar-refractivity contribution in [2.75, 3.05) is 20.7 Å². The van der Waals surface area contributed by atoms with Gasteiger partial charge < -0.3 is 9.64 Å². The van der Waals surface area contributed by atoms with E-state index in [9.17, 15) is 53.1 Å². The number of hydrogen-bond acceptors (Lipinski definition) is 2. The summed E-state index contributed by atoms with van der Waals surface area (Å²) >= 11 is 0. The van der Waals surface area contributed by atoms with E-state index in [0.717, 1.165) is 4.90 Å².